The third-order valence-electron chi connectivity index (χ3n) is 4.85. The van der Waals surface area contributed by atoms with Gasteiger partial charge in [0.2, 0.25) is 5.91 Å². The number of methoxy groups -OCH3 is 1. The van der Waals surface area contributed by atoms with Crippen LogP contribution in [0.5, 0.6) is 5.75 Å². The summed E-state index contributed by atoms with van der Waals surface area (Å²) in [6.07, 6.45) is 0.517. The highest BCUT2D eigenvalue weighted by atomic mass is 35.5. The molecule has 3 rings (SSSR count). The number of hydrogen-bond acceptors (Lipinski definition) is 4. The lowest BCUT2D eigenvalue weighted by Crippen LogP contribution is -2.24. The van der Waals surface area contributed by atoms with E-state index in [0.717, 1.165) is 22.1 Å². The molecule has 0 aliphatic heterocycles. The van der Waals surface area contributed by atoms with E-state index in [-0.39, 0.29) is 12.3 Å². The molecule has 0 unspecified atom stereocenters. The number of carbonyl (C=O) groups excluding carboxylic acids is 1. The molecule has 5 nitrogen and oxygen atoms in total. The number of hydrogen-bond donors (Lipinski definition) is 1. The van der Waals surface area contributed by atoms with Crippen LogP contribution >= 0.6 is 11.6 Å². The number of aryl methyl sites for hydroxylation is 2. The topological polar surface area (TPSA) is 68.5 Å². The second-order valence-electron chi connectivity index (χ2n) is 6.67. The SMILES string of the molecule is COc1ccc2c(C)c(CCC(=O)NCc3cccc(Cl)c3)c(=O)oc2c1C. The first-order chi connectivity index (χ1) is 13.4. The molecule has 3 aromatic rings. The molecule has 1 amide bonds. The molecule has 28 heavy (non-hydrogen) atoms. The van der Waals surface area contributed by atoms with Crippen molar-refractivity contribution in [3.05, 3.63) is 74.1 Å². The Bertz CT molecular complexity index is 1090. The molecule has 1 aromatic heterocycles. The molecular formula is C22H22ClNO4. The average Bonchev–Trinajstić information content (AvgIpc) is 2.67. The normalized spacial score (nSPS) is 10.9. The maximum Gasteiger partial charge on any atom is 0.339 e. The Kier molecular flexibility index (Phi) is 6.05. The van der Waals surface area contributed by atoms with E-state index in [9.17, 15) is 9.59 Å². The number of halogens is 1. The highest BCUT2D eigenvalue weighted by Crippen LogP contribution is 2.29. The third kappa shape index (κ3) is 4.20. The summed E-state index contributed by atoms with van der Waals surface area (Å²) in [5.74, 6) is 0.535. The van der Waals surface area contributed by atoms with E-state index in [4.69, 9.17) is 20.8 Å². The molecule has 0 fully saturated rings. The van der Waals surface area contributed by atoms with Crippen molar-refractivity contribution >= 4 is 28.5 Å². The van der Waals surface area contributed by atoms with Crippen molar-refractivity contribution in [3.63, 3.8) is 0 Å². The molecule has 0 atom stereocenters. The second kappa shape index (κ2) is 8.48. The Balaban J connectivity index is 1.73. The molecule has 0 aliphatic rings. The summed E-state index contributed by atoms with van der Waals surface area (Å²) in [5, 5.41) is 4.33. The molecular weight excluding hydrogens is 378 g/mol. The summed E-state index contributed by atoms with van der Waals surface area (Å²) in [5.41, 5.74) is 3.17. The maximum absolute atomic E-state index is 12.5. The fourth-order valence-electron chi connectivity index (χ4n) is 3.26. The Morgan fingerprint density at radius 1 is 1.18 bits per heavy atom. The van der Waals surface area contributed by atoms with Crippen molar-refractivity contribution in [3.8, 4) is 5.75 Å². The predicted molar refractivity (Wildman–Crippen MR) is 110 cm³/mol. The van der Waals surface area contributed by atoms with Crippen LogP contribution in [0.15, 0.2) is 45.6 Å². The lowest BCUT2D eigenvalue weighted by molar-refractivity contribution is -0.121. The second-order valence-corrected chi connectivity index (χ2v) is 7.11. The van der Waals surface area contributed by atoms with Crippen LogP contribution < -0.4 is 15.7 Å². The van der Waals surface area contributed by atoms with Gasteiger partial charge < -0.3 is 14.5 Å². The number of benzene rings is 2. The van der Waals surface area contributed by atoms with Gasteiger partial charge >= 0.3 is 5.63 Å². The average molecular weight is 400 g/mol. The summed E-state index contributed by atoms with van der Waals surface area (Å²) in [4.78, 5) is 24.7. The number of nitrogens with one attached hydrogen (secondary N) is 1. The zero-order chi connectivity index (χ0) is 20.3. The van der Waals surface area contributed by atoms with Crippen molar-refractivity contribution in [1.82, 2.24) is 5.32 Å². The van der Waals surface area contributed by atoms with Crippen LogP contribution in [-0.4, -0.2) is 13.0 Å². The fourth-order valence-corrected chi connectivity index (χ4v) is 3.47. The first-order valence-corrected chi connectivity index (χ1v) is 9.39. The lowest BCUT2D eigenvalue weighted by Gasteiger charge is -2.11. The number of amides is 1. The molecule has 1 heterocycles. The molecule has 0 saturated carbocycles. The molecule has 0 bridgehead atoms. The van der Waals surface area contributed by atoms with Crippen LogP contribution in [0.2, 0.25) is 5.02 Å². The van der Waals surface area contributed by atoms with E-state index in [2.05, 4.69) is 5.32 Å². The number of carbonyl (C=O) groups is 1. The first kappa shape index (κ1) is 20.0. The van der Waals surface area contributed by atoms with Crippen molar-refractivity contribution in [2.24, 2.45) is 0 Å². The summed E-state index contributed by atoms with van der Waals surface area (Å²) in [6.45, 7) is 4.13. The Morgan fingerprint density at radius 3 is 2.68 bits per heavy atom. The minimum absolute atomic E-state index is 0.134. The van der Waals surface area contributed by atoms with Gasteiger partial charge in [0.1, 0.15) is 11.3 Å². The van der Waals surface area contributed by atoms with Crippen LogP contribution in [-0.2, 0) is 17.8 Å². The summed E-state index contributed by atoms with van der Waals surface area (Å²) >= 11 is 5.95. The highest BCUT2D eigenvalue weighted by molar-refractivity contribution is 6.30. The van der Waals surface area contributed by atoms with Crippen molar-refractivity contribution in [2.45, 2.75) is 33.2 Å². The van der Waals surface area contributed by atoms with Crippen LogP contribution in [0.3, 0.4) is 0 Å². The van der Waals surface area contributed by atoms with Crippen molar-refractivity contribution < 1.29 is 13.9 Å². The zero-order valence-electron chi connectivity index (χ0n) is 16.1. The molecule has 2 aromatic carbocycles. The monoisotopic (exact) mass is 399 g/mol. The molecule has 1 N–H and O–H groups in total. The van der Waals surface area contributed by atoms with E-state index in [0.29, 0.717) is 34.9 Å². The van der Waals surface area contributed by atoms with Gasteiger partial charge in [-0.25, -0.2) is 4.79 Å². The third-order valence-corrected chi connectivity index (χ3v) is 5.09. The fraction of sp³-hybridized carbons (Fsp3) is 0.273. The van der Waals surface area contributed by atoms with E-state index < -0.39 is 5.63 Å². The molecule has 0 radical (unpaired) electrons. The van der Waals surface area contributed by atoms with Crippen LogP contribution in [0.1, 0.15) is 28.7 Å². The van der Waals surface area contributed by atoms with Gasteiger partial charge in [0.05, 0.1) is 7.11 Å². The molecule has 0 saturated heterocycles. The highest BCUT2D eigenvalue weighted by Gasteiger charge is 2.16. The predicted octanol–water partition coefficient (Wildman–Crippen LogP) is 4.32. The number of fused-ring (bicyclic) bond motifs is 1. The smallest absolute Gasteiger partial charge is 0.339 e. The maximum atomic E-state index is 12.5. The largest absolute Gasteiger partial charge is 0.496 e. The van der Waals surface area contributed by atoms with Gasteiger partial charge in [0.25, 0.3) is 0 Å². The summed E-state index contributed by atoms with van der Waals surface area (Å²) in [7, 11) is 1.58. The van der Waals surface area contributed by atoms with Gasteiger partial charge in [-0.05, 0) is 55.7 Å². The number of rotatable bonds is 6. The van der Waals surface area contributed by atoms with Crippen LogP contribution in [0.4, 0.5) is 0 Å². The van der Waals surface area contributed by atoms with Gasteiger partial charge in [-0.3, -0.25) is 4.79 Å². The standard InChI is InChI=1S/C22H22ClNO4/c1-13-17-7-9-19(27-3)14(2)21(17)28-22(26)18(13)8-10-20(25)24-12-15-5-4-6-16(23)11-15/h4-7,9,11H,8,10,12H2,1-3H3,(H,24,25). The minimum atomic E-state index is -0.413. The van der Waals surface area contributed by atoms with E-state index in [1.165, 1.54) is 0 Å². The quantitative estimate of drug-likeness (QED) is 0.627. The van der Waals surface area contributed by atoms with Crippen LogP contribution in [0, 0.1) is 13.8 Å². The van der Waals surface area contributed by atoms with E-state index >= 15 is 0 Å². The lowest BCUT2D eigenvalue weighted by atomic mass is 10.0. The van der Waals surface area contributed by atoms with Gasteiger partial charge in [-0.15, -0.1) is 0 Å². The number of ether oxygens (including phenoxy) is 1. The zero-order valence-corrected chi connectivity index (χ0v) is 16.9. The van der Waals surface area contributed by atoms with E-state index in [1.807, 2.05) is 38.1 Å². The van der Waals surface area contributed by atoms with Gasteiger partial charge in [0.15, 0.2) is 0 Å². The van der Waals surface area contributed by atoms with Gasteiger partial charge in [-0.2, -0.15) is 0 Å². The Morgan fingerprint density at radius 2 is 1.96 bits per heavy atom. The first-order valence-electron chi connectivity index (χ1n) is 9.01. The Labute approximate surface area is 168 Å². The molecule has 0 spiro atoms. The van der Waals surface area contributed by atoms with Crippen LogP contribution in [0.25, 0.3) is 11.0 Å². The summed E-state index contributed by atoms with van der Waals surface area (Å²) < 4.78 is 10.8. The minimum Gasteiger partial charge on any atom is -0.496 e. The summed E-state index contributed by atoms with van der Waals surface area (Å²) in [6, 6.07) is 11.1. The Hall–Kier alpha value is -2.79. The van der Waals surface area contributed by atoms with Crippen molar-refractivity contribution in [1.29, 1.82) is 0 Å². The molecule has 146 valence electrons. The van der Waals surface area contributed by atoms with Gasteiger partial charge in [0, 0.05) is 34.5 Å². The molecule has 0 aliphatic carbocycles. The molecule has 6 heteroatoms. The van der Waals surface area contributed by atoms with Gasteiger partial charge in [-0.1, -0.05) is 23.7 Å². The van der Waals surface area contributed by atoms with Crippen molar-refractivity contribution in [2.75, 3.05) is 7.11 Å². The van der Waals surface area contributed by atoms with E-state index in [1.54, 1.807) is 19.2 Å².